The van der Waals surface area contributed by atoms with Crippen LogP contribution in [0.1, 0.15) is 16.7 Å². The monoisotopic (exact) mass is 378 g/mol. The molecule has 4 rings (SSSR count). The van der Waals surface area contributed by atoms with E-state index in [-0.39, 0.29) is 5.82 Å². The molecule has 0 spiro atoms. The lowest BCUT2D eigenvalue weighted by Gasteiger charge is -2.22. The van der Waals surface area contributed by atoms with Gasteiger partial charge in [-0.3, -0.25) is 9.69 Å². The Bertz CT molecular complexity index is 986. The van der Waals surface area contributed by atoms with E-state index in [0.717, 1.165) is 31.5 Å². The SMILES string of the molecule is CNc1c(N)nc(-c2ncc[nH]2)nc1N(C=O)Cc1ccc2c(c1)CNCC2. The average molecular weight is 378 g/mol. The molecule has 144 valence electrons. The maximum atomic E-state index is 11.9. The Balaban J connectivity index is 1.70. The Morgan fingerprint density at radius 3 is 2.96 bits per heavy atom. The molecule has 1 aliphatic heterocycles. The van der Waals surface area contributed by atoms with Crippen LogP contribution < -0.4 is 21.3 Å². The Labute approximate surface area is 162 Å². The molecule has 0 bridgehead atoms. The van der Waals surface area contributed by atoms with Crippen LogP contribution in [-0.4, -0.2) is 39.9 Å². The van der Waals surface area contributed by atoms with Crippen molar-refractivity contribution in [2.24, 2.45) is 0 Å². The van der Waals surface area contributed by atoms with E-state index in [1.165, 1.54) is 16.0 Å². The van der Waals surface area contributed by atoms with Crippen molar-refractivity contribution >= 4 is 23.7 Å². The lowest BCUT2D eigenvalue weighted by Crippen LogP contribution is -2.26. The molecule has 2 aromatic heterocycles. The van der Waals surface area contributed by atoms with Gasteiger partial charge in [-0.05, 0) is 29.7 Å². The van der Waals surface area contributed by atoms with Gasteiger partial charge in [0.2, 0.25) is 6.41 Å². The molecule has 9 heteroatoms. The first-order valence-corrected chi connectivity index (χ1v) is 9.08. The largest absolute Gasteiger partial charge is 0.382 e. The number of aromatic nitrogens is 4. The van der Waals surface area contributed by atoms with Crippen molar-refractivity contribution in [2.75, 3.05) is 29.5 Å². The molecule has 1 aromatic carbocycles. The number of nitrogens with zero attached hydrogens (tertiary/aromatic N) is 4. The second-order valence-corrected chi connectivity index (χ2v) is 6.58. The van der Waals surface area contributed by atoms with Crippen LogP contribution in [-0.2, 0) is 24.3 Å². The Morgan fingerprint density at radius 2 is 2.21 bits per heavy atom. The molecule has 0 fully saturated rings. The zero-order chi connectivity index (χ0) is 19.5. The molecule has 0 saturated heterocycles. The number of carbonyl (C=O) groups is 1. The minimum absolute atomic E-state index is 0.250. The van der Waals surface area contributed by atoms with E-state index in [0.29, 0.717) is 29.7 Å². The number of benzene rings is 1. The van der Waals surface area contributed by atoms with Crippen molar-refractivity contribution in [3.63, 3.8) is 0 Å². The van der Waals surface area contributed by atoms with Crippen molar-refractivity contribution in [2.45, 2.75) is 19.5 Å². The van der Waals surface area contributed by atoms with Gasteiger partial charge in [-0.25, -0.2) is 15.0 Å². The zero-order valence-corrected chi connectivity index (χ0v) is 15.6. The summed E-state index contributed by atoms with van der Waals surface area (Å²) >= 11 is 0. The third-order valence-electron chi connectivity index (χ3n) is 4.79. The van der Waals surface area contributed by atoms with Crippen LogP contribution in [0.5, 0.6) is 0 Å². The van der Waals surface area contributed by atoms with Gasteiger partial charge in [0.05, 0.1) is 6.54 Å². The van der Waals surface area contributed by atoms with E-state index in [4.69, 9.17) is 5.73 Å². The highest BCUT2D eigenvalue weighted by molar-refractivity contribution is 5.86. The van der Waals surface area contributed by atoms with E-state index in [2.05, 4.69) is 48.8 Å². The first kappa shape index (κ1) is 17.9. The van der Waals surface area contributed by atoms with Crippen molar-refractivity contribution < 1.29 is 4.79 Å². The summed E-state index contributed by atoms with van der Waals surface area (Å²) in [6, 6.07) is 6.32. The van der Waals surface area contributed by atoms with E-state index in [1.54, 1.807) is 19.4 Å². The van der Waals surface area contributed by atoms with Gasteiger partial charge >= 0.3 is 0 Å². The molecule has 0 aliphatic carbocycles. The molecule has 5 N–H and O–H groups in total. The molecule has 0 saturated carbocycles. The molecule has 1 aliphatic rings. The highest BCUT2D eigenvalue weighted by atomic mass is 16.1. The average Bonchev–Trinajstić information content (AvgIpc) is 3.26. The van der Waals surface area contributed by atoms with E-state index in [1.807, 2.05) is 0 Å². The van der Waals surface area contributed by atoms with Gasteiger partial charge < -0.3 is 21.4 Å². The van der Waals surface area contributed by atoms with Crippen molar-refractivity contribution in [3.05, 3.63) is 47.3 Å². The number of nitrogen functional groups attached to an aromatic ring is 1. The number of amides is 1. The number of hydrogen-bond acceptors (Lipinski definition) is 7. The fourth-order valence-corrected chi connectivity index (χ4v) is 3.40. The molecule has 1 amide bonds. The fraction of sp³-hybridized carbons (Fsp3) is 0.263. The minimum atomic E-state index is 0.250. The van der Waals surface area contributed by atoms with Crippen molar-refractivity contribution in [3.8, 4) is 11.6 Å². The normalized spacial score (nSPS) is 13.0. The summed E-state index contributed by atoms with van der Waals surface area (Å²) in [6.07, 6.45) is 5.07. The number of nitrogens with two attached hydrogens (primary N) is 1. The van der Waals surface area contributed by atoms with Gasteiger partial charge in [-0.15, -0.1) is 0 Å². The number of rotatable bonds is 6. The van der Waals surface area contributed by atoms with Crippen LogP contribution in [0.25, 0.3) is 11.6 Å². The van der Waals surface area contributed by atoms with Crippen LogP contribution >= 0.6 is 0 Å². The number of anilines is 3. The molecule has 0 radical (unpaired) electrons. The summed E-state index contributed by atoms with van der Waals surface area (Å²) in [6.45, 7) is 2.21. The van der Waals surface area contributed by atoms with Crippen LogP contribution in [0.15, 0.2) is 30.6 Å². The number of H-pyrrole nitrogens is 1. The molecule has 28 heavy (non-hydrogen) atoms. The minimum Gasteiger partial charge on any atom is -0.382 e. The van der Waals surface area contributed by atoms with Crippen LogP contribution in [0.4, 0.5) is 17.3 Å². The van der Waals surface area contributed by atoms with Crippen LogP contribution in [0.2, 0.25) is 0 Å². The first-order chi connectivity index (χ1) is 13.7. The number of fused-ring (bicyclic) bond motifs is 1. The fourth-order valence-electron chi connectivity index (χ4n) is 3.40. The molecular formula is C19H22N8O. The molecule has 9 nitrogen and oxygen atoms in total. The number of carbonyl (C=O) groups excluding carboxylic acids is 1. The topological polar surface area (TPSA) is 125 Å². The van der Waals surface area contributed by atoms with Gasteiger partial charge in [0.25, 0.3) is 0 Å². The van der Waals surface area contributed by atoms with Gasteiger partial charge in [-0.2, -0.15) is 0 Å². The van der Waals surface area contributed by atoms with Crippen molar-refractivity contribution in [1.82, 2.24) is 25.3 Å². The summed E-state index contributed by atoms with van der Waals surface area (Å²) in [4.78, 5) is 29.4. The standard InChI is InChI=1S/C19H22N8O/c1-21-15-16(20)25-18(17-23-6-7-24-17)26-19(15)27(11-28)10-12-2-3-13-4-5-22-9-14(13)8-12/h2-3,6-8,11,21-22H,4-5,9-10H2,1H3,(H,23,24)(H2,20,25,26). The van der Waals surface area contributed by atoms with E-state index in [9.17, 15) is 4.79 Å². The van der Waals surface area contributed by atoms with Gasteiger partial charge in [0.1, 0.15) is 5.69 Å². The summed E-state index contributed by atoms with van der Waals surface area (Å²) in [5.41, 5.74) is 10.2. The number of aromatic amines is 1. The maximum Gasteiger partial charge on any atom is 0.215 e. The quantitative estimate of drug-likeness (QED) is 0.477. The zero-order valence-electron chi connectivity index (χ0n) is 15.6. The Hall–Kier alpha value is -3.46. The Morgan fingerprint density at radius 1 is 1.32 bits per heavy atom. The highest BCUT2D eigenvalue weighted by Crippen LogP contribution is 2.31. The first-order valence-electron chi connectivity index (χ1n) is 9.08. The summed E-state index contributed by atoms with van der Waals surface area (Å²) in [7, 11) is 1.72. The van der Waals surface area contributed by atoms with Crippen LogP contribution in [0.3, 0.4) is 0 Å². The smallest absolute Gasteiger partial charge is 0.215 e. The second-order valence-electron chi connectivity index (χ2n) is 6.58. The summed E-state index contributed by atoms with van der Waals surface area (Å²) in [5, 5.41) is 6.37. The highest BCUT2D eigenvalue weighted by Gasteiger charge is 2.20. The maximum absolute atomic E-state index is 11.9. The summed E-state index contributed by atoms with van der Waals surface area (Å²) < 4.78 is 0. The van der Waals surface area contributed by atoms with Gasteiger partial charge in [0.15, 0.2) is 23.3 Å². The van der Waals surface area contributed by atoms with Gasteiger partial charge in [-0.1, -0.05) is 18.2 Å². The second kappa shape index (κ2) is 7.65. The lowest BCUT2D eigenvalue weighted by atomic mass is 9.98. The van der Waals surface area contributed by atoms with Crippen LogP contribution in [0, 0.1) is 0 Å². The third-order valence-corrected chi connectivity index (χ3v) is 4.79. The molecule has 0 unspecified atom stereocenters. The third kappa shape index (κ3) is 3.39. The molecular weight excluding hydrogens is 356 g/mol. The van der Waals surface area contributed by atoms with E-state index < -0.39 is 0 Å². The number of hydrogen-bond donors (Lipinski definition) is 4. The molecule has 0 atom stereocenters. The van der Waals surface area contributed by atoms with Gasteiger partial charge in [0, 0.05) is 26.0 Å². The molecule has 3 heterocycles. The van der Waals surface area contributed by atoms with E-state index >= 15 is 0 Å². The number of nitrogens with one attached hydrogen (secondary N) is 3. The predicted molar refractivity (Wildman–Crippen MR) is 108 cm³/mol. The summed E-state index contributed by atoms with van der Waals surface area (Å²) in [5.74, 6) is 1.48. The van der Waals surface area contributed by atoms with Crippen molar-refractivity contribution in [1.29, 1.82) is 0 Å². The number of imidazole rings is 1. The predicted octanol–water partition coefficient (Wildman–Crippen LogP) is 1.30. The molecule has 3 aromatic rings. The lowest BCUT2D eigenvalue weighted by molar-refractivity contribution is -0.107. The Kier molecular flexibility index (Phi) is 4.90.